The van der Waals surface area contributed by atoms with Crippen LogP contribution >= 0.6 is 0 Å². The summed E-state index contributed by atoms with van der Waals surface area (Å²) in [6.45, 7) is 11.4. The van der Waals surface area contributed by atoms with Gasteiger partial charge in [-0.05, 0) is 57.4 Å². The number of epoxide rings is 1. The molecule has 0 radical (unpaired) electrons. The first-order chi connectivity index (χ1) is 14.2. The van der Waals surface area contributed by atoms with Gasteiger partial charge in [0.2, 0.25) is 0 Å². The van der Waals surface area contributed by atoms with Gasteiger partial charge in [-0.1, -0.05) is 11.6 Å². The largest absolute Gasteiger partial charge is 0.383 e. The summed E-state index contributed by atoms with van der Waals surface area (Å²) < 4.78 is 16.9. The van der Waals surface area contributed by atoms with Crippen LogP contribution in [0.15, 0.2) is 11.6 Å². The van der Waals surface area contributed by atoms with Crippen LogP contribution in [0.25, 0.3) is 0 Å². The molecule has 2 atom stereocenters. The number of methoxy groups -OCH3 is 1. The molecule has 6 nitrogen and oxygen atoms in total. The minimum atomic E-state index is -0.359. The second kappa shape index (κ2) is 8.21. The minimum absolute atomic E-state index is 0.359. The highest BCUT2D eigenvalue weighted by molar-refractivity contribution is 5.18. The molecule has 0 aromatic rings. The molecule has 5 rings (SSSR count). The monoisotopic (exact) mass is 405 g/mol. The molecule has 5 aliphatic rings. The fourth-order valence-electron chi connectivity index (χ4n) is 6.46. The van der Waals surface area contributed by atoms with Crippen molar-refractivity contribution in [2.45, 2.75) is 63.4 Å². The Morgan fingerprint density at radius 1 is 1.24 bits per heavy atom. The van der Waals surface area contributed by atoms with E-state index < -0.39 is 0 Å². The zero-order valence-electron chi connectivity index (χ0n) is 18.4. The molecular formula is C23H39N3O3. The van der Waals surface area contributed by atoms with E-state index in [-0.39, 0.29) is 5.91 Å². The Bertz CT molecular complexity index is 614. The molecular weight excluding hydrogens is 366 g/mol. The number of hydrogen-bond donors (Lipinski definition) is 0. The van der Waals surface area contributed by atoms with Gasteiger partial charge in [0, 0.05) is 58.5 Å². The first-order valence-corrected chi connectivity index (χ1v) is 11.9. The molecule has 1 spiro atoms. The summed E-state index contributed by atoms with van der Waals surface area (Å²) in [6, 6.07) is 1.46. The molecule has 4 fully saturated rings. The zero-order valence-corrected chi connectivity index (χ0v) is 18.4. The van der Waals surface area contributed by atoms with Gasteiger partial charge in [0.25, 0.3) is 5.91 Å². The van der Waals surface area contributed by atoms with E-state index in [1.54, 1.807) is 5.57 Å². The van der Waals surface area contributed by atoms with E-state index in [4.69, 9.17) is 14.2 Å². The highest BCUT2D eigenvalue weighted by Gasteiger charge is 2.59. The average molecular weight is 406 g/mol. The van der Waals surface area contributed by atoms with E-state index in [0.717, 1.165) is 52.0 Å². The second-order valence-electron chi connectivity index (χ2n) is 9.88. The number of ether oxygens (including phenoxy) is 3. The normalized spacial score (nSPS) is 41.1. The Hall–Kier alpha value is -0.500. The molecule has 1 aliphatic carbocycles. The number of rotatable bonds is 8. The lowest BCUT2D eigenvalue weighted by molar-refractivity contribution is -0.144. The van der Waals surface area contributed by atoms with Crippen LogP contribution in [-0.4, -0.2) is 98.9 Å². The molecule has 0 N–H and O–H groups in total. The first kappa shape index (κ1) is 20.4. The fraction of sp³-hybridized carbons (Fsp3) is 0.913. The van der Waals surface area contributed by atoms with Crippen molar-refractivity contribution in [2.75, 3.05) is 66.2 Å². The van der Waals surface area contributed by atoms with Crippen molar-refractivity contribution in [2.24, 2.45) is 5.41 Å². The number of nitrogens with zero attached hydrogens (tertiary/aromatic N) is 3. The lowest BCUT2D eigenvalue weighted by Crippen LogP contribution is -2.54. The number of likely N-dealkylation sites (tertiary alicyclic amines) is 2. The summed E-state index contributed by atoms with van der Waals surface area (Å²) in [6.07, 6.45) is 10.5. The molecule has 1 saturated carbocycles. The SMILES string of the molecule is CCOC1(N2CCC3(CC(N4CC=C([C@@H]5CCCN5CCOC)CC4)C3)C2)CO1. The van der Waals surface area contributed by atoms with Crippen molar-refractivity contribution < 1.29 is 14.2 Å². The predicted molar refractivity (Wildman–Crippen MR) is 113 cm³/mol. The van der Waals surface area contributed by atoms with Gasteiger partial charge < -0.3 is 14.2 Å². The van der Waals surface area contributed by atoms with Gasteiger partial charge in [-0.25, -0.2) is 4.90 Å². The molecule has 164 valence electrons. The Balaban J connectivity index is 1.11. The predicted octanol–water partition coefficient (Wildman–Crippen LogP) is 2.30. The summed E-state index contributed by atoms with van der Waals surface area (Å²) in [4.78, 5) is 7.86. The Kier molecular flexibility index (Phi) is 5.78. The van der Waals surface area contributed by atoms with Crippen molar-refractivity contribution in [1.29, 1.82) is 0 Å². The maximum absolute atomic E-state index is 5.90. The maximum Gasteiger partial charge on any atom is 0.255 e. The van der Waals surface area contributed by atoms with Gasteiger partial charge in [-0.2, -0.15) is 0 Å². The molecule has 4 heterocycles. The van der Waals surface area contributed by atoms with Crippen LogP contribution in [0.5, 0.6) is 0 Å². The van der Waals surface area contributed by atoms with Gasteiger partial charge in [0.05, 0.1) is 6.61 Å². The summed E-state index contributed by atoms with van der Waals surface area (Å²) in [5, 5.41) is 0. The van der Waals surface area contributed by atoms with E-state index in [1.165, 1.54) is 51.6 Å². The lowest BCUT2D eigenvalue weighted by atomic mass is 9.64. The van der Waals surface area contributed by atoms with Crippen molar-refractivity contribution in [1.82, 2.24) is 14.7 Å². The van der Waals surface area contributed by atoms with Crippen molar-refractivity contribution in [3.8, 4) is 0 Å². The van der Waals surface area contributed by atoms with Crippen LogP contribution < -0.4 is 0 Å². The Morgan fingerprint density at radius 3 is 2.79 bits per heavy atom. The maximum atomic E-state index is 5.90. The van der Waals surface area contributed by atoms with Crippen LogP contribution in [0.4, 0.5) is 0 Å². The third kappa shape index (κ3) is 3.92. The van der Waals surface area contributed by atoms with E-state index in [9.17, 15) is 0 Å². The zero-order chi connectivity index (χ0) is 19.9. The molecule has 0 bridgehead atoms. The summed E-state index contributed by atoms with van der Waals surface area (Å²) in [7, 11) is 1.81. The van der Waals surface area contributed by atoms with Gasteiger partial charge >= 0.3 is 0 Å². The van der Waals surface area contributed by atoms with Crippen molar-refractivity contribution in [3.63, 3.8) is 0 Å². The van der Waals surface area contributed by atoms with Crippen LogP contribution in [0.1, 0.15) is 45.4 Å². The molecule has 3 saturated heterocycles. The minimum Gasteiger partial charge on any atom is -0.383 e. The molecule has 0 aromatic carbocycles. The standard InChI is InChI=1S/C23H39N3O3/c1-3-28-23(18-29-23)26-12-8-22(17-26)15-20(16-22)24-10-6-19(7-11-24)21-5-4-9-25(21)13-14-27-2/h6,20-21H,3-5,7-18H2,1-2H3/t20?,21-,22?,23?/m0/s1. The highest BCUT2D eigenvalue weighted by Crippen LogP contribution is 2.53. The molecule has 4 aliphatic heterocycles. The lowest BCUT2D eigenvalue weighted by Gasteiger charge is -2.51. The van der Waals surface area contributed by atoms with Gasteiger partial charge in [0.1, 0.15) is 6.61 Å². The second-order valence-corrected chi connectivity index (χ2v) is 9.88. The Labute approximate surface area is 176 Å². The quantitative estimate of drug-likeness (QED) is 0.456. The van der Waals surface area contributed by atoms with Gasteiger partial charge in [-0.3, -0.25) is 9.80 Å². The van der Waals surface area contributed by atoms with Crippen molar-refractivity contribution >= 4 is 0 Å². The topological polar surface area (TPSA) is 40.7 Å². The summed E-state index contributed by atoms with van der Waals surface area (Å²) >= 11 is 0. The van der Waals surface area contributed by atoms with Crippen LogP contribution in [0.3, 0.4) is 0 Å². The Morgan fingerprint density at radius 2 is 2.10 bits per heavy atom. The molecule has 6 heteroatoms. The van der Waals surface area contributed by atoms with Gasteiger partial charge in [0.15, 0.2) is 0 Å². The fourth-order valence-corrected chi connectivity index (χ4v) is 6.46. The molecule has 0 amide bonds. The third-order valence-electron chi connectivity index (χ3n) is 8.18. The highest BCUT2D eigenvalue weighted by atomic mass is 16.8. The van der Waals surface area contributed by atoms with Gasteiger partial charge in [-0.15, -0.1) is 0 Å². The van der Waals surface area contributed by atoms with E-state index in [0.29, 0.717) is 11.5 Å². The summed E-state index contributed by atoms with van der Waals surface area (Å²) in [5.74, 6) is -0.359. The van der Waals surface area contributed by atoms with E-state index in [1.807, 2.05) is 7.11 Å². The van der Waals surface area contributed by atoms with Crippen LogP contribution in [0.2, 0.25) is 0 Å². The van der Waals surface area contributed by atoms with Crippen LogP contribution in [0, 0.1) is 5.41 Å². The van der Waals surface area contributed by atoms with Crippen molar-refractivity contribution in [3.05, 3.63) is 11.6 Å². The third-order valence-corrected chi connectivity index (χ3v) is 8.18. The smallest absolute Gasteiger partial charge is 0.255 e. The number of hydrogen-bond acceptors (Lipinski definition) is 6. The van der Waals surface area contributed by atoms with E-state index >= 15 is 0 Å². The molecule has 0 aromatic heterocycles. The molecule has 1 unspecified atom stereocenters. The summed E-state index contributed by atoms with van der Waals surface area (Å²) in [5.41, 5.74) is 2.22. The van der Waals surface area contributed by atoms with E-state index in [2.05, 4.69) is 27.7 Å². The molecule has 29 heavy (non-hydrogen) atoms. The van der Waals surface area contributed by atoms with Crippen LogP contribution in [-0.2, 0) is 14.2 Å². The average Bonchev–Trinajstić information content (AvgIpc) is 3.15. The first-order valence-electron chi connectivity index (χ1n) is 11.9.